The van der Waals surface area contributed by atoms with E-state index >= 15 is 4.79 Å². The number of aliphatic carboxylic acids is 1. The molecular formula is C57H84O24. The largest absolute Gasteiger partial charge is 0.493 e. The number of rotatable bonds is 14. The molecule has 8 aliphatic rings. The smallest absolute Gasteiger partial charge is 0.338 e. The third kappa shape index (κ3) is 10.0. The van der Waals surface area contributed by atoms with E-state index in [2.05, 4.69) is 40.7 Å². The monoisotopic (exact) mass is 1150 g/mol. The molecule has 0 aromatic heterocycles. The van der Waals surface area contributed by atoms with Crippen molar-refractivity contribution in [3.8, 4) is 11.5 Å². The van der Waals surface area contributed by atoms with Gasteiger partial charge < -0.3 is 104 Å². The number of benzene rings is 1. The van der Waals surface area contributed by atoms with Crippen molar-refractivity contribution in [2.45, 2.75) is 204 Å². The summed E-state index contributed by atoms with van der Waals surface area (Å²) in [7, 11) is 2.80. The number of fused-ring (bicyclic) bond motifs is 7. The molecule has 7 fully saturated rings. The van der Waals surface area contributed by atoms with Crippen LogP contribution in [-0.4, -0.2) is 218 Å². The molecule has 4 saturated carbocycles. The van der Waals surface area contributed by atoms with Gasteiger partial charge >= 0.3 is 17.9 Å². The lowest BCUT2D eigenvalue weighted by Crippen LogP contribution is -2.69. The Hall–Kier alpha value is -3.67. The number of allylic oxidation sites excluding steroid dienone is 2. The zero-order valence-electron chi connectivity index (χ0n) is 47.1. The summed E-state index contributed by atoms with van der Waals surface area (Å²) in [6, 6.07) is 4.23. The van der Waals surface area contributed by atoms with Gasteiger partial charge in [0.1, 0.15) is 66.5 Å². The third-order valence-electron chi connectivity index (χ3n) is 21.3. The van der Waals surface area contributed by atoms with Crippen LogP contribution in [-0.2, 0) is 42.7 Å². The number of carboxylic acid groups (broad SMARTS) is 1. The molecule has 81 heavy (non-hydrogen) atoms. The molecule has 3 saturated heterocycles. The van der Waals surface area contributed by atoms with Crippen molar-refractivity contribution in [1.82, 2.24) is 0 Å². The summed E-state index contributed by atoms with van der Waals surface area (Å²) in [5.41, 5.74) is -3.72. The van der Waals surface area contributed by atoms with E-state index in [0.717, 1.165) is 5.57 Å². The number of aliphatic hydroxyl groups is 11. The fourth-order valence-corrected chi connectivity index (χ4v) is 16.4. The fourth-order valence-electron chi connectivity index (χ4n) is 16.4. The van der Waals surface area contributed by atoms with Crippen LogP contribution in [0.1, 0.15) is 110 Å². The maximum atomic E-state index is 15.4. The van der Waals surface area contributed by atoms with Crippen molar-refractivity contribution < 1.29 is 118 Å². The van der Waals surface area contributed by atoms with Crippen LogP contribution in [0.5, 0.6) is 11.5 Å². The van der Waals surface area contributed by atoms with Gasteiger partial charge in [-0.05, 0) is 115 Å². The van der Waals surface area contributed by atoms with E-state index in [1.165, 1.54) is 32.4 Å². The molecule has 1 aromatic carbocycles. The highest BCUT2D eigenvalue weighted by molar-refractivity contribution is 5.90. The molecule has 0 radical (unpaired) electrons. The first-order valence-corrected chi connectivity index (χ1v) is 28.2. The molecule has 456 valence electrons. The van der Waals surface area contributed by atoms with E-state index in [0.29, 0.717) is 44.3 Å². The molecular weight excluding hydrogens is 1070 g/mol. The van der Waals surface area contributed by atoms with Crippen molar-refractivity contribution in [3.05, 3.63) is 35.4 Å². The van der Waals surface area contributed by atoms with E-state index in [4.69, 9.17) is 42.6 Å². The Morgan fingerprint density at radius 3 is 1.91 bits per heavy atom. The maximum absolute atomic E-state index is 15.4. The number of carbonyl (C=O) groups is 3. The van der Waals surface area contributed by atoms with Crippen LogP contribution < -0.4 is 9.47 Å². The summed E-state index contributed by atoms with van der Waals surface area (Å²) in [4.78, 5) is 41.5. The van der Waals surface area contributed by atoms with Gasteiger partial charge in [-0.15, -0.1) is 0 Å². The molecule has 3 heterocycles. The molecule has 25 atom stereocenters. The van der Waals surface area contributed by atoms with Gasteiger partial charge in [-0.3, -0.25) is 4.79 Å². The second kappa shape index (κ2) is 22.6. The van der Waals surface area contributed by atoms with Gasteiger partial charge in [0.25, 0.3) is 0 Å². The van der Waals surface area contributed by atoms with Crippen molar-refractivity contribution in [2.75, 3.05) is 34.0 Å². The molecule has 1 aromatic rings. The zero-order chi connectivity index (χ0) is 59.3. The van der Waals surface area contributed by atoms with E-state index in [-0.39, 0.29) is 47.8 Å². The van der Waals surface area contributed by atoms with Crippen LogP contribution in [0.15, 0.2) is 29.8 Å². The standard InChI is InChI=1S/C57H84O24/c1-52(2)17-18-57(51(72)81-49-44(39(65)37(63)31(23-59)76-49)78-47(71)25-9-11-28(73-7)29(19-25)74-8)27(20-52)26-10-12-33-53(3)15-14-35(54(4,24-60)32(53)13-16-55(33,5)56(26,6)21-34(57)61)77-50-45(41(67)40(66)43(79-50)46(69)70)80-48-42(68)38(64)36(62)30(22-58)75-48/h9-11,19,27,30-45,48-50,58-68H,12-18,20-24H2,1-8H3,(H,69,70)/t27-,30+,31+,32+,33+,34+,35-,36+,37+,38-,39-,40-,41-,42+,43-,44+,45+,48-,49-,50+,53-,54-,55+,56+,57+/m0/s1. The maximum Gasteiger partial charge on any atom is 0.338 e. The lowest BCUT2D eigenvalue weighted by Gasteiger charge is -2.72. The number of carboxylic acids is 1. The van der Waals surface area contributed by atoms with Crippen LogP contribution in [0.3, 0.4) is 0 Å². The zero-order valence-corrected chi connectivity index (χ0v) is 47.1. The summed E-state index contributed by atoms with van der Waals surface area (Å²) >= 11 is 0. The molecule has 3 aliphatic heterocycles. The highest BCUT2D eigenvalue weighted by Crippen LogP contribution is 2.76. The molecule has 0 spiro atoms. The Bertz CT molecular complexity index is 2510. The summed E-state index contributed by atoms with van der Waals surface area (Å²) in [5, 5.41) is 131. The van der Waals surface area contributed by atoms with Crippen molar-refractivity contribution in [2.24, 2.45) is 50.2 Å². The second-order valence-corrected chi connectivity index (χ2v) is 25.9. The number of esters is 2. The van der Waals surface area contributed by atoms with Crippen LogP contribution in [0.4, 0.5) is 0 Å². The lowest BCUT2D eigenvalue weighted by atomic mass is 9.33. The van der Waals surface area contributed by atoms with Gasteiger partial charge in [-0.1, -0.05) is 53.2 Å². The van der Waals surface area contributed by atoms with E-state index < -0.39 is 175 Å². The van der Waals surface area contributed by atoms with Gasteiger partial charge in [0.15, 0.2) is 36.3 Å². The highest BCUT2D eigenvalue weighted by atomic mass is 16.8. The number of carbonyl (C=O) groups excluding carboxylic acids is 2. The van der Waals surface area contributed by atoms with E-state index in [9.17, 15) is 70.9 Å². The summed E-state index contributed by atoms with van der Waals surface area (Å²) in [5.74, 6) is -3.84. The first-order chi connectivity index (χ1) is 38.1. The predicted molar refractivity (Wildman–Crippen MR) is 276 cm³/mol. The molecule has 9 rings (SSSR count). The van der Waals surface area contributed by atoms with Crippen molar-refractivity contribution in [3.63, 3.8) is 0 Å². The lowest BCUT2D eigenvalue weighted by molar-refractivity contribution is -0.375. The Kier molecular flexibility index (Phi) is 17.3. The normalized spacial score (nSPS) is 47.5. The summed E-state index contributed by atoms with van der Waals surface area (Å²) in [6.45, 7) is 10.7. The minimum Gasteiger partial charge on any atom is -0.493 e. The predicted octanol–water partition coefficient (Wildman–Crippen LogP) is 0.0579. The topological polar surface area (TPSA) is 377 Å². The number of ether oxygens (including phenoxy) is 9. The average molecular weight is 1150 g/mol. The van der Waals surface area contributed by atoms with Gasteiger partial charge in [0.2, 0.25) is 6.29 Å². The molecule has 24 heteroatoms. The van der Waals surface area contributed by atoms with Crippen LogP contribution in [0, 0.1) is 50.2 Å². The van der Waals surface area contributed by atoms with Gasteiger partial charge in [0.05, 0.1) is 51.8 Å². The van der Waals surface area contributed by atoms with Crippen LogP contribution in [0.25, 0.3) is 0 Å². The van der Waals surface area contributed by atoms with Gasteiger partial charge in [-0.2, -0.15) is 0 Å². The fraction of sp³-hybridized carbons (Fsp3) is 0.807. The van der Waals surface area contributed by atoms with Crippen molar-refractivity contribution >= 4 is 17.9 Å². The van der Waals surface area contributed by atoms with Gasteiger partial charge in [0, 0.05) is 5.41 Å². The van der Waals surface area contributed by atoms with E-state index in [1.54, 1.807) is 0 Å². The third-order valence-corrected chi connectivity index (χ3v) is 21.3. The van der Waals surface area contributed by atoms with E-state index in [1.807, 2.05) is 6.92 Å². The molecule has 12 N–H and O–H groups in total. The second-order valence-electron chi connectivity index (χ2n) is 25.9. The van der Waals surface area contributed by atoms with Crippen LogP contribution in [0.2, 0.25) is 0 Å². The number of aliphatic hydroxyl groups excluding tert-OH is 11. The molecule has 24 nitrogen and oxygen atoms in total. The summed E-state index contributed by atoms with van der Waals surface area (Å²) in [6.07, 6.45) is -23.3. The quantitative estimate of drug-likeness (QED) is 0.0665. The Morgan fingerprint density at radius 1 is 0.642 bits per heavy atom. The first kappa shape index (κ1) is 61.9. The minimum absolute atomic E-state index is 0.0246. The molecule has 0 amide bonds. The number of hydrogen-bond acceptors (Lipinski definition) is 23. The van der Waals surface area contributed by atoms with Gasteiger partial charge in [-0.25, -0.2) is 9.59 Å². The first-order valence-electron chi connectivity index (χ1n) is 28.2. The molecule has 5 aliphatic carbocycles. The average Bonchev–Trinajstić information content (AvgIpc) is 2.63. The Balaban J connectivity index is 0.996. The highest BCUT2D eigenvalue weighted by Gasteiger charge is 2.73. The number of methoxy groups -OCH3 is 2. The Morgan fingerprint density at radius 2 is 1.28 bits per heavy atom. The Labute approximate surface area is 469 Å². The van der Waals surface area contributed by atoms with Crippen LogP contribution >= 0.6 is 0 Å². The molecule has 0 bridgehead atoms. The number of hydrogen-bond donors (Lipinski definition) is 12. The minimum atomic E-state index is -2.07. The van der Waals surface area contributed by atoms with Crippen molar-refractivity contribution in [1.29, 1.82) is 0 Å². The molecule has 0 unspecified atom stereocenters. The summed E-state index contributed by atoms with van der Waals surface area (Å²) < 4.78 is 52.5. The SMILES string of the molecule is COc1ccc(C(=O)O[C@H]2[C@H](OC(=O)[C@]34CCC(C)(C)C[C@H]3C3=CC[C@@H]5[C@@]6(C)CC[C@H](O[C@@H]7O[C@H](C(=O)O)[C@@H](O)[C@H](O)[C@H]7O[C@@H]7O[C@H](CO)[C@@H](O)[C@H](O)[C@H]7O)[C@@](C)(CO)[C@@H]6CC[C@@]5(C)[C@]3(C)C[C@H]4O)O[C@H](CO)[C@@H](O)[C@@H]2O)cc1OC.